The van der Waals surface area contributed by atoms with Gasteiger partial charge in [-0.05, 0) is 0 Å². The van der Waals surface area contributed by atoms with Crippen LogP contribution < -0.4 is 0 Å². The zero-order valence-corrected chi connectivity index (χ0v) is 4.81. The third-order valence-electron chi connectivity index (χ3n) is 0. The van der Waals surface area contributed by atoms with E-state index in [1.807, 2.05) is 0 Å². The van der Waals surface area contributed by atoms with Gasteiger partial charge < -0.3 is 0 Å². The molecule has 0 fully saturated rings. The minimum Gasteiger partial charge on any atom is 0 e. The molecule has 7 heteroatoms. The average molecular weight is 228 g/mol. The summed E-state index contributed by atoms with van der Waals surface area (Å²) in [6.45, 7) is 0. The second kappa shape index (κ2) is 5.67. The Morgan fingerprint density at radius 2 is 1.14 bits per heavy atom. The normalized spacial score (nSPS) is 8.29. The summed E-state index contributed by atoms with van der Waals surface area (Å²) >= 11 is 0. The second-order valence-corrected chi connectivity index (χ2v) is 1.34. The third kappa shape index (κ3) is 98.2. The third-order valence-corrected chi connectivity index (χ3v) is 0. The molecular formula is H3NaO4PdS. The zero-order valence-electron chi connectivity index (χ0n) is 2.44. The van der Waals surface area contributed by atoms with E-state index in [4.69, 9.17) is 17.5 Å². The van der Waals surface area contributed by atoms with Crippen LogP contribution in [0.3, 0.4) is 0 Å². The molecule has 0 aromatic heterocycles. The Hall–Kier alpha value is 1.53. The Bertz CT molecular complexity index is 94.9. The molecule has 0 saturated carbocycles. The van der Waals surface area contributed by atoms with Crippen LogP contribution in [0, 0.1) is 0 Å². The fourth-order valence-electron chi connectivity index (χ4n) is 0. The predicted octanol–water partition coefficient (Wildman–Crippen LogP) is -1.30. The molecule has 0 aliphatic rings. The maximum atomic E-state index is 8.74. The molecule has 2 N–H and O–H groups in total. The van der Waals surface area contributed by atoms with Crippen LogP contribution in [-0.2, 0) is 30.8 Å². The summed E-state index contributed by atoms with van der Waals surface area (Å²) in [7, 11) is -4.67. The smallest absolute Gasteiger partial charge is 0 e. The van der Waals surface area contributed by atoms with Gasteiger partial charge in [0.05, 0.1) is 0 Å². The topological polar surface area (TPSA) is 74.6 Å². The molecular weight excluding hydrogens is 225 g/mol. The monoisotopic (exact) mass is 228 g/mol. The van der Waals surface area contributed by atoms with Gasteiger partial charge in [-0.15, -0.1) is 0 Å². The van der Waals surface area contributed by atoms with Crippen LogP contribution in [0.4, 0.5) is 0 Å². The van der Waals surface area contributed by atoms with Gasteiger partial charge in [-0.25, -0.2) is 0 Å². The first-order valence-electron chi connectivity index (χ1n) is 0.698. The summed E-state index contributed by atoms with van der Waals surface area (Å²) in [6.07, 6.45) is 0. The van der Waals surface area contributed by atoms with E-state index in [-0.39, 0.29) is 50.0 Å². The van der Waals surface area contributed by atoms with Crippen LogP contribution in [0.2, 0.25) is 0 Å². The minimum atomic E-state index is -4.67. The van der Waals surface area contributed by atoms with Gasteiger partial charge >= 0.3 is 40.0 Å². The first-order valence-corrected chi connectivity index (χ1v) is 2.10. The molecule has 0 radical (unpaired) electrons. The molecule has 0 atom stereocenters. The summed E-state index contributed by atoms with van der Waals surface area (Å²) in [4.78, 5) is 0. The minimum absolute atomic E-state index is 0. The SMILES string of the molecule is O=S(=O)(O)O.[NaH].[Pd]. The fraction of sp³-hybridized carbons (Fsp3) is 0. The number of hydrogen-bond donors (Lipinski definition) is 2. The van der Waals surface area contributed by atoms with Gasteiger partial charge in [-0.3, -0.25) is 9.11 Å². The van der Waals surface area contributed by atoms with Gasteiger partial charge in [0.15, 0.2) is 0 Å². The number of rotatable bonds is 0. The van der Waals surface area contributed by atoms with Gasteiger partial charge in [0.2, 0.25) is 0 Å². The molecule has 0 unspecified atom stereocenters. The van der Waals surface area contributed by atoms with Crippen molar-refractivity contribution >= 4 is 40.0 Å². The molecule has 0 aliphatic carbocycles. The van der Waals surface area contributed by atoms with Gasteiger partial charge in [0.1, 0.15) is 0 Å². The van der Waals surface area contributed by atoms with Crippen molar-refractivity contribution in [2.24, 2.45) is 0 Å². The van der Waals surface area contributed by atoms with Crippen LogP contribution in [0.5, 0.6) is 0 Å². The van der Waals surface area contributed by atoms with Crippen molar-refractivity contribution in [1.29, 1.82) is 0 Å². The maximum Gasteiger partial charge on any atom is 0 e. The van der Waals surface area contributed by atoms with Crippen LogP contribution in [0.15, 0.2) is 0 Å². The molecule has 44 valence electrons. The van der Waals surface area contributed by atoms with Crippen molar-refractivity contribution in [3.05, 3.63) is 0 Å². The quantitative estimate of drug-likeness (QED) is 0.399. The van der Waals surface area contributed by atoms with E-state index in [9.17, 15) is 0 Å². The number of hydrogen-bond acceptors (Lipinski definition) is 2. The predicted molar refractivity (Wildman–Crippen MR) is 21.3 cm³/mol. The Labute approximate surface area is 77.2 Å². The van der Waals surface area contributed by atoms with E-state index in [1.165, 1.54) is 0 Å². The molecule has 4 nitrogen and oxygen atoms in total. The zero-order chi connectivity index (χ0) is 4.50. The molecule has 0 rings (SSSR count). The van der Waals surface area contributed by atoms with Gasteiger partial charge in [-0.1, -0.05) is 0 Å². The van der Waals surface area contributed by atoms with E-state index >= 15 is 0 Å². The standard InChI is InChI=1S/Na.H2O4S.Pd.H/c;1-5(2,3)4;;/h;(H2,1,2,3,4);;. The van der Waals surface area contributed by atoms with Crippen molar-refractivity contribution < 1.29 is 37.9 Å². The van der Waals surface area contributed by atoms with Crippen molar-refractivity contribution in [1.82, 2.24) is 0 Å². The summed E-state index contributed by atoms with van der Waals surface area (Å²) in [5.74, 6) is 0. The van der Waals surface area contributed by atoms with Crippen LogP contribution in [0.1, 0.15) is 0 Å². The molecule has 0 aromatic rings. The summed E-state index contributed by atoms with van der Waals surface area (Å²) < 4.78 is 31.6. The largest absolute Gasteiger partial charge is 0 e. The maximum absolute atomic E-state index is 8.74. The van der Waals surface area contributed by atoms with Crippen molar-refractivity contribution in [3.8, 4) is 0 Å². The van der Waals surface area contributed by atoms with Crippen LogP contribution in [-0.4, -0.2) is 47.1 Å². The van der Waals surface area contributed by atoms with E-state index in [2.05, 4.69) is 0 Å². The first kappa shape index (κ1) is 15.8. The summed E-state index contributed by atoms with van der Waals surface area (Å²) in [6, 6.07) is 0. The van der Waals surface area contributed by atoms with E-state index < -0.39 is 10.4 Å². The van der Waals surface area contributed by atoms with E-state index in [1.54, 1.807) is 0 Å². The molecule has 7 heavy (non-hydrogen) atoms. The van der Waals surface area contributed by atoms with E-state index in [0.717, 1.165) is 0 Å². The average Bonchev–Trinajstić information content (AvgIpc) is 0.722. The molecule has 0 spiro atoms. The van der Waals surface area contributed by atoms with Crippen molar-refractivity contribution in [3.63, 3.8) is 0 Å². The summed E-state index contributed by atoms with van der Waals surface area (Å²) in [5.41, 5.74) is 0. The summed E-state index contributed by atoms with van der Waals surface area (Å²) in [5, 5.41) is 0. The van der Waals surface area contributed by atoms with Gasteiger partial charge in [0.25, 0.3) is 0 Å². The van der Waals surface area contributed by atoms with Crippen molar-refractivity contribution in [2.75, 3.05) is 0 Å². The Balaban J connectivity index is -0.0000000800. The second-order valence-electron chi connectivity index (χ2n) is 0.448. The van der Waals surface area contributed by atoms with Gasteiger partial charge in [-0.2, -0.15) is 8.42 Å². The van der Waals surface area contributed by atoms with Crippen LogP contribution in [0.25, 0.3) is 0 Å². The molecule has 0 bridgehead atoms. The Kier molecular flexibility index (Phi) is 12.8. The fourth-order valence-corrected chi connectivity index (χ4v) is 0. The van der Waals surface area contributed by atoms with Crippen molar-refractivity contribution in [2.45, 2.75) is 0 Å². The Morgan fingerprint density at radius 3 is 1.14 bits per heavy atom. The van der Waals surface area contributed by atoms with Gasteiger partial charge in [0, 0.05) is 20.4 Å². The molecule has 0 aliphatic heterocycles. The molecule has 0 amide bonds. The van der Waals surface area contributed by atoms with E-state index in [0.29, 0.717) is 0 Å². The Morgan fingerprint density at radius 1 is 1.14 bits per heavy atom. The molecule has 0 aromatic carbocycles. The first-order chi connectivity index (χ1) is 2.00. The van der Waals surface area contributed by atoms with Crippen LogP contribution >= 0.6 is 0 Å². The molecule has 0 saturated heterocycles. The molecule has 0 heterocycles.